The summed E-state index contributed by atoms with van der Waals surface area (Å²) in [5, 5.41) is 7.38. The van der Waals surface area contributed by atoms with Crippen LogP contribution in [0, 0.1) is 11.2 Å². The van der Waals surface area contributed by atoms with E-state index in [1.165, 1.54) is 6.07 Å². The Morgan fingerprint density at radius 2 is 2.00 bits per heavy atom. The molecule has 3 N–H and O–H groups in total. The second-order valence-corrected chi connectivity index (χ2v) is 6.41. The summed E-state index contributed by atoms with van der Waals surface area (Å²) in [6.45, 7) is 5.39. The van der Waals surface area contributed by atoms with Crippen LogP contribution in [0.3, 0.4) is 0 Å². The highest BCUT2D eigenvalue weighted by Gasteiger charge is 2.25. The van der Waals surface area contributed by atoms with Crippen LogP contribution >= 0.6 is 0 Å². The van der Waals surface area contributed by atoms with E-state index in [9.17, 15) is 17.6 Å². The van der Waals surface area contributed by atoms with Gasteiger partial charge in [-0.3, -0.25) is 4.79 Å². The minimum atomic E-state index is -4.10. The molecule has 0 aliphatic carbocycles. The van der Waals surface area contributed by atoms with Gasteiger partial charge < -0.3 is 5.32 Å². The molecule has 7 heteroatoms. The maximum Gasteiger partial charge on any atom is 0.240 e. The molecule has 0 saturated heterocycles. The fourth-order valence-corrected chi connectivity index (χ4v) is 1.86. The highest BCUT2D eigenvalue weighted by molar-refractivity contribution is 7.89. The van der Waals surface area contributed by atoms with E-state index >= 15 is 0 Å². The minimum absolute atomic E-state index is 0.191. The summed E-state index contributed by atoms with van der Waals surface area (Å²) in [5.41, 5.74) is -0.397. The van der Waals surface area contributed by atoms with E-state index in [4.69, 9.17) is 5.14 Å². The monoisotopic (exact) mass is 288 g/mol. The summed E-state index contributed by atoms with van der Waals surface area (Å²) in [5.74, 6) is -1.26. The summed E-state index contributed by atoms with van der Waals surface area (Å²) < 4.78 is 35.7. The average molecular weight is 288 g/mol. The zero-order valence-corrected chi connectivity index (χ0v) is 11.8. The number of sulfonamides is 1. The Morgan fingerprint density at radius 3 is 2.42 bits per heavy atom. The van der Waals surface area contributed by atoms with Crippen LogP contribution in [0.4, 0.5) is 10.1 Å². The highest BCUT2D eigenvalue weighted by atomic mass is 32.2. The van der Waals surface area contributed by atoms with Gasteiger partial charge in [0.2, 0.25) is 15.9 Å². The Hall–Kier alpha value is -1.47. The summed E-state index contributed by atoms with van der Waals surface area (Å²) >= 11 is 0. The maximum atomic E-state index is 13.6. The first-order valence-electron chi connectivity index (χ1n) is 5.71. The van der Waals surface area contributed by atoms with Crippen LogP contribution in [-0.2, 0) is 14.8 Å². The molecule has 1 aromatic rings. The molecular formula is C12H17FN2O3S. The molecule has 1 rings (SSSR count). The van der Waals surface area contributed by atoms with Crippen LogP contribution in [0.15, 0.2) is 23.1 Å². The predicted octanol–water partition coefficient (Wildman–Crippen LogP) is 1.85. The number of hydrogen-bond acceptors (Lipinski definition) is 3. The number of primary sulfonamides is 1. The number of anilines is 1. The second kappa shape index (κ2) is 5.26. The first-order valence-corrected chi connectivity index (χ1v) is 7.26. The van der Waals surface area contributed by atoms with Crippen LogP contribution in [-0.4, -0.2) is 14.3 Å². The van der Waals surface area contributed by atoms with E-state index < -0.39 is 26.2 Å². The van der Waals surface area contributed by atoms with Crippen LogP contribution in [0.5, 0.6) is 0 Å². The van der Waals surface area contributed by atoms with Gasteiger partial charge in [0, 0.05) is 11.1 Å². The van der Waals surface area contributed by atoms with Crippen LogP contribution in [0.25, 0.3) is 0 Å². The molecule has 0 bridgehead atoms. The molecule has 1 amide bonds. The van der Waals surface area contributed by atoms with Crippen molar-refractivity contribution in [2.45, 2.75) is 32.1 Å². The van der Waals surface area contributed by atoms with E-state index in [2.05, 4.69) is 5.32 Å². The smallest absolute Gasteiger partial charge is 0.240 e. The van der Waals surface area contributed by atoms with Gasteiger partial charge in [0.1, 0.15) is 10.7 Å². The SMILES string of the molecule is CCC(C)(C)C(=O)Nc1ccc(S(N)(=O)=O)c(F)c1. The number of halogens is 1. The van der Waals surface area contributed by atoms with Crippen LogP contribution in [0.2, 0.25) is 0 Å². The molecule has 0 fully saturated rings. The normalized spacial score (nSPS) is 12.3. The minimum Gasteiger partial charge on any atom is -0.326 e. The van der Waals surface area contributed by atoms with Gasteiger partial charge in [0.15, 0.2) is 0 Å². The van der Waals surface area contributed by atoms with Crippen molar-refractivity contribution in [3.05, 3.63) is 24.0 Å². The number of benzene rings is 1. The lowest BCUT2D eigenvalue weighted by atomic mass is 9.89. The van der Waals surface area contributed by atoms with Gasteiger partial charge in [0.05, 0.1) is 0 Å². The predicted molar refractivity (Wildman–Crippen MR) is 70.5 cm³/mol. The summed E-state index contributed by atoms with van der Waals surface area (Å²) in [4.78, 5) is 11.3. The van der Waals surface area contributed by atoms with Gasteiger partial charge in [-0.25, -0.2) is 17.9 Å². The summed E-state index contributed by atoms with van der Waals surface area (Å²) in [7, 11) is -4.10. The number of hydrogen-bond donors (Lipinski definition) is 2. The van der Waals surface area contributed by atoms with Crippen molar-refractivity contribution in [2.75, 3.05) is 5.32 Å². The molecule has 106 valence electrons. The Morgan fingerprint density at radius 1 is 1.42 bits per heavy atom. The molecular weight excluding hydrogens is 271 g/mol. The molecule has 0 radical (unpaired) electrons. The third-order valence-corrected chi connectivity index (χ3v) is 3.94. The van der Waals surface area contributed by atoms with Gasteiger partial charge >= 0.3 is 0 Å². The van der Waals surface area contributed by atoms with Crippen molar-refractivity contribution in [3.63, 3.8) is 0 Å². The Labute approximate surface area is 112 Å². The van der Waals surface area contributed by atoms with Gasteiger partial charge in [-0.2, -0.15) is 0 Å². The molecule has 0 aliphatic heterocycles. The molecule has 1 aromatic carbocycles. The first kappa shape index (κ1) is 15.6. The van der Waals surface area contributed by atoms with Gasteiger partial charge in [-0.15, -0.1) is 0 Å². The van der Waals surface area contributed by atoms with Crippen molar-refractivity contribution in [1.82, 2.24) is 0 Å². The topological polar surface area (TPSA) is 89.3 Å². The van der Waals surface area contributed by atoms with Crippen molar-refractivity contribution in [2.24, 2.45) is 10.6 Å². The van der Waals surface area contributed by atoms with E-state index in [1.807, 2.05) is 6.92 Å². The van der Waals surface area contributed by atoms with E-state index in [0.717, 1.165) is 12.1 Å². The Kier molecular flexibility index (Phi) is 4.32. The Bertz CT molecular complexity index is 597. The van der Waals surface area contributed by atoms with E-state index in [1.54, 1.807) is 13.8 Å². The van der Waals surface area contributed by atoms with E-state index in [0.29, 0.717) is 6.42 Å². The number of carbonyl (C=O) groups excluding carboxylic acids is 1. The van der Waals surface area contributed by atoms with Crippen molar-refractivity contribution < 1.29 is 17.6 Å². The quantitative estimate of drug-likeness (QED) is 0.886. The number of nitrogens with one attached hydrogen (secondary N) is 1. The molecule has 0 saturated carbocycles. The molecule has 0 heterocycles. The molecule has 0 unspecified atom stereocenters. The summed E-state index contributed by atoms with van der Waals surface area (Å²) in [6.07, 6.45) is 0.622. The average Bonchev–Trinajstić information content (AvgIpc) is 2.27. The van der Waals surface area contributed by atoms with Crippen LogP contribution in [0.1, 0.15) is 27.2 Å². The van der Waals surface area contributed by atoms with Gasteiger partial charge in [0.25, 0.3) is 0 Å². The number of rotatable bonds is 4. The largest absolute Gasteiger partial charge is 0.326 e. The standard InChI is InChI=1S/C12H17FN2O3S/c1-4-12(2,3)11(16)15-8-5-6-10(9(13)7-8)19(14,17)18/h5-7H,4H2,1-3H3,(H,15,16)(H2,14,17,18). The zero-order valence-electron chi connectivity index (χ0n) is 11.0. The zero-order chi connectivity index (χ0) is 14.8. The lowest BCUT2D eigenvalue weighted by Crippen LogP contribution is -2.30. The third kappa shape index (κ3) is 3.74. The second-order valence-electron chi connectivity index (χ2n) is 4.88. The van der Waals surface area contributed by atoms with Crippen molar-refractivity contribution in [1.29, 1.82) is 0 Å². The molecule has 5 nitrogen and oxygen atoms in total. The molecule has 0 spiro atoms. The fourth-order valence-electron chi connectivity index (χ4n) is 1.27. The lowest BCUT2D eigenvalue weighted by molar-refractivity contribution is -0.124. The summed E-state index contributed by atoms with van der Waals surface area (Å²) in [6, 6.07) is 3.26. The van der Waals surface area contributed by atoms with E-state index in [-0.39, 0.29) is 11.6 Å². The lowest BCUT2D eigenvalue weighted by Gasteiger charge is -2.21. The molecule has 19 heavy (non-hydrogen) atoms. The number of carbonyl (C=O) groups is 1. The number of amides is 1. The maximum absolute atomic E-state index is 13.6. The Balaban J connectivity index is 3.01. The van der Waals surface area contributed by atoms with Gasteiger partial charge in [-0.1, -0.05) is 20.8 Å². The van der Waals surface area contributed by atoms with Crippen molar-refractivity contribution >= 4 is 21.6 Å². The highest BCUT2D eigenvalue weighted by Crippen LogP contribution is 2.23. The third-order valence-electron chi connectivity index (χ3n) is 2.99. The van der Waals surface area contributed by atoms with Crippen LogP contribution < -0.4 is 10.5 Å². The number of nitrogens with two attached hydrogens (primary N) is 1. The van der Waals surface area contributed by atoms with Crippen molar-refractivity contribution in [3.8, 4) is 0 Å². The molecule has 0 atom stereocenters. The fraction of sp³-hybridized carbons (Fsp3) is 0.417. The first-order chi connectivity index (χ1) is 8.58. The molecule has 0 aliphatic rings. The van der Waals surface area contributed by atoms with Gasteiger partial charge in [-0.05, 0) is 24.6 Å². The molecule has 0 aromatic heterocycles.